The van der Waals surface area contributed by atoms with Crippen LogP contribution in [0.2, 0.25) is 0 Å². The van der Waals surface area contributed by atoms with Crippen LogP contribution in [0.25, 0.3) is 0 Å². The van der Waals surface area contributed by atoms with E-state index in [2.05, 4.69) is 25.9 Å². The molecule has 1 N–H and O–H groups in total. The highest BCUT2D eigenvalue weighted by molar-refractivity contribution is 9.10. The fourth-order valence-electron chi connectivity index (χ4n) is 1.77. The Labute approximate surface area is 143 Å². The van der Waals surface area contributed by atoms with E-state index in [1.54, 1.807) is 37.4 Å². The molecule has 122 valence electrons. The van der Waals surface area contributed by atoms with Crippen molar-refractivity contribution in [3.8, 4) is 11.5 Å². The van der Waals surface area contributed by atoms with E-state index in [0.717, 1.165) is 4.47 Å². The molecule has 0 saturated heterocycles. The minimum atomic E-state index is -3.72. The number of nitrogens with one attached hydrogen (secondary N) is 1. The number of hydrazone groups is 1. The summed E-state index contributed by atoms with van der Waals surface area (Å²) in [6.07, 6.45) is 1.36. The first-order valence-corrected chi connectivity index (χ1v) is 8.76. The highest BCUT2D eigenvalue weighted by Crippen LogP contribution is 2.22. The van der Waals surface area contributed by atoms with E-state index in [1.807, 2.05) is 0 Å². The molecule has 0 saturated carbocycles. The average molecular weight is 399 g/mol. The van der Waals surface area contributed by atoms with Gasteiger partial charge in [0.15, 0.2) is 0 Å². The van der Waals surface area contributed by atoms with Crippen LogP contribution in [0.4, 0.5) is 0 Å². The molecule has 0 fully saturated rings. The van der Waals surface area contributed by atoms with E-state index < -0.39 is 10.0 Å². The first kappa shape index (κ1) is 17.3. The van der Waals surface area contributed by atoms with Gasteiger partial charge < -0.3 is 9.47 Å². The maximum absolute atomic E-state index is 12.1. The largest absolute Gasteiger partial charge is 0.497 e. The molecule has 23 heavy (non-hydrogen) atoms. The van der Waals surface area contributed by atoms with Crippen molar-refractivity contribution in [1.29, 1.82) is 0 Å². The van der Waals surface area contributed by atoms with Crippen LogP contribution in [0, 0.1) is 0 Å². The van der Waals surface area contributed by atoms with E-state index in [0.29, 0.717) is 17.1 Å². The van der Waals surface area contributed by atoms with Gasteiger partial charge in [0.2, 0.25) is 0 Å². The van der Waals surface area contributed by atoms with Gasteiger partial charge in [-0.2, -0.15) is 13.5 Å². The first-order valence-electron chi connectivity index (χ1n) is 6.49. The van der Waals surface area contributed by atoms with Crippen LogP contribution in [-0.4, -0.2) is 28.9 Å². The molecule has 2 rings (SSSR count). The number of rotatable bonds is 6. The number of benzene rings is 2. The summed E-state index contributed by atoms with van der Waals surface area (Å²) in [5.74, 6) is 1.17. The lowest BCUT2D eigenvalue weighted by molar-refractivity contribution is 0.402. The third kappa shape index (κ3) is 4.46. The molecular weight excluding hydrogens is 384 g/mol. The van der Waals surface area contributed by atoms with Crippen molar-refractivity contribution < 1.29 is 17.9 Å². The number of hydrogen-bond acceptors (Lipinski definition) is 5. The normalized spacial score (nSPS) is 11.4. The molecule has 0 aliphatic rings. The van der Waals surface area contributed by atoms with Crippen molar-refractivity contribution in [2.75, 3.05) is 14.2 Å². The molecule has 8 heteroatoms. The second kappa shape index (κ2) is 7.47. The minimum Gasteiger partial charge on any atom is -0.497 e. The molecule has 0 heterocycles. The third-order valence-corrected chi connectivity index (χ3v) is 4.70. The predicted molar refractivity (Wildman–Crippen MR) is 91.6 cm³/mol. The molecule has 0 aromatic heterocycles. The molecule has 0 aliphatic heterocycles. The Morgan fingerprint density at radius 2 is 1.78 bits per heavy atom. The maximum Gasteiger partial charge on any atom is 0.276 e. The molecule has 0 bridgehead atoms. The smallest absolute Gasteiger partial charge is 0.276 e. The second-order valence-electron chi connectivity index (χ2n) is 4.41. The predicted octanol–water partition coefficient (Wildman–Crippen LogP) is 2.78. The summed E-state index contributed by atoms with van der Waals surface area (Å²) in [6, 6.07) is 11.4. The molecule has 0 atom stereocenters. The van der Waals surface area contributed by atoms with Crippen molar-refractivity contribution in [1.82, 2.24) is 4.83 Å². The SMILES string of the molecule is COc1ccc(OC)c(C=NNS(=O)(=O)c2ccc(Br)cc2)c1. The topological polar surface area (TPSA) is 77.0 Å². The molecule has 6 nitrogen and oxygen atoms in total. The Balaban J connectivity index is 2.19. The Morgan fingerprint density at radius 3 is 2.39 bits per heavy atom. The Morgan fingerprint density at radius 1 is 1.09 bits per heavy atom. The van der Waals surface area contributed by atoms with Gasteiger partial charge in [-0.25, -0.2) is 4.83 Å². The Hall–Kier alpha value is -2.06. The number of halogens is 1. The summed E-state index contributed by atoms with van der Waals surface area (Å²) >= 11 is 3.25. The Bertz CT molecular complexity index is 805. The van der Waals surface area contributed by atoms with Gasteiger partial charge in [-0.15, -0.1) is 0 Å². The van der Waals surface area contributed by atoms with Crippen LogP contribution in [0.3, 0.4) is 0 Å². The van der Waals surface area contributed by atoms with Gasteiger partial charge in [0, 0.05) is 10.0 Å². The maximum atomic E-state index is 12.1. The van der Waals surface area contributed by atoms with E-state index in [1.165, 1.54) is 25.5 Å². The van der Waals surface area contributed by atoms with E-state index in [-0.39, 0.29) is 4.90 Å². The summed E-state index contributed by atoms with van der Waals surface area (Å²) in [5.41, 5.74) is 0.588. The summed E-state index contributed by atoms with van der Waals surface area (Å²) in [7, 11) is -0.664. The zero-order valence-electron chi connectivity index (χ0n) is 12.5. The molecule has 0 amide bonds. The standard InChI is InChI=1S/C15H15BrN2O4S/c1-21-13-5-8-15(22-2)11(9-13)10-17-18-23(19,20)14-6-3-12(16)4-7-14/h3-10,18H,1-2H3. The summed E-state index contributed by atoms with van der Waals surface area (Å²) in [4.78, 5) is 2.28. The summed E-state index contributed by atoms with van der Waals surface area (Å²) in [5, 5.41) is 3.79. The van der Waals surface area contributed by atoms with E-state index >= 15 is 0 Å². The molecule has 0 radical (unpaired) electrons. The quantitative estimate of drug-likeness (QED) is 0.599. The fraction of sp³-hybridized carbons (Fsp3) is 0.133. The highest BCUT2D eigenvalue weighted by Gasteiger charge is 2.12. The van der Waals surface area contributed by atoms with Gasteiger partial charge in [-0.05, 0) is 42.5 Å². The zero-order valence-corrected chi connectivity index (χ0v) is 14.9. The summed E-state index contributed by atoms with van der Waals surface area (Å²) in [6.45, 7) is 0. The number of hydrogen-bond donors (Lipinski definition) is 1. The second-order valence-corrected chi connectivity index (χ2v) is 6.99. The van der Waals surface area contributed by atoms with Gasteiger partial charge in [-0.1, -0.05) is 15.9 Å². The van der Waals surface area contributed by atoms with Crippen molar-refractivity contribution in [2.24, 2.45) is 5.10 Å². The van der Waals surface area contributed by atoms with Gasteiger partial charge >= 0.3 is 0 Å². The minimum absolute atomic E-state index is 0.121. The van der Waals surface area contributed by atoms with Gasteiger partial charge in [0.1, 0.15) is 11.5 Å². The fourth-order valence-corrected chi connectivity index (χ4v) is 2.83. The third-order valence-electron chi connectivity index (χ3n) is 2.94. The Kier molecular flexibility index (Phi) is 5.62. The molecule has 0 spiro atoms. The van der Waals surface area contributed by atoms with Crippen molar-refractivity contribution >= 4 is 32.2 Å². The molecule has 0 aliphatic carbocycles. The number of nitrogens with zero attached hydrogens (tertiary/aromatic N) is 1. The lowest BCUT2D eigenvalue weighted by Crippen LogP contribution is -2.18. The van der Waals surface area contributed by atoms with Gasteiger partial charge in [0.05, 0.1) is 25.3 Å². The van der Waals surface area contributed by atoms with Crippen LogP contribution in [0.5, 0.6) is 11.5 Å². The van der Waals surface area contributed by atoms with E-state index in [4.69, 9.17) is 9.47 Å². The molecular formula is C15H15BrN2O4S. The lowest BCUT2D eigenvalue weighted by Gasteiger charge is -2.07. The van der Waals surface area contributed by atoms with Gasteiger partial charge in [0.25, 0.3) is 10.0 Å². The van der Waals surface area contributed by atoms with Gasteiger partial charge in [-0.3, -0.25) is 0 Å². The monoisotopic (exact) mass is 398 g/mol. The molecule has 2 aromatic rings. The van der Waals surface area contributed by atoms with Crippen molar-refractivity contribution in [3.05, 3.63) is 52.5 Å². The van der Waals surface area contributed by atoms with Crippen LogP contribution >= 0.6 is 15.9 Å². The first-order chi connectivity index (χ1) is 11.0. The van der Waals surface area contributed by atoms with E-state index in [9.17, 15) is 8.42 Å². The zero-order chi connectivity index (χ0) is 16.9. The van der Waals surface area contributed by atoms with Crippen molar-refractivity contribution in [2.45, 2.75) is 4.90 Å². The average Bonchev–Trinajstić information content (AvgIpc) is 2.55. The number of methoxy groups -OCH3 is 2. The molecule has 2 aromatic carbocycles. The van der Waals surface area contributed by atoms with Crippen molar-refractivity contribution in [3.63, 3.8) is 0 Å². The van der Waals surface area contributed by atoms with Crippen LogP contribution in [0.1, 0.15) is 5.56 Å². The number of ether oxygens (including phenoxy) is 2. The lowest BCUT2D eigenvalue weighted by atomic mass is 10.2. The van der Waals surface area contributed by atoms with Crippen LogP contribution in [-0.2, 0) is 10.0 Å². The molecule has 0 unspecified atom stereocenters. The number of sulfonamides is 1. The van der Waals surface area contributed by atoms with Crippen LogP contribution in [0.15, 0.2) is 56.9 Å². The van der Waals surface area contributed by atoms with Crippen LogP contribution < -0.4 is 14.3 Å². The highest BCUT2D eigenvalue weighted by atomic mass is 79.9. The summed E-state index contributed by atoms with van der Waals surface area (Å²) < 4.78 is 35.3.